The Morgan fingerprint density at radius 3 is 3.06 bits per heavy atom. The molecule has 0 aromatic carbocycles. The van der Waals surface area contributed by atoms with Crippen LogP contribution >= 0.6 is 11.8 Å². The number of rotatable bonds is 3. The molecule has 0 saturated carbocycles. The molecule has 18 heavy (non-hydrogen) atoms. The van der Waals surface area contributed by atoms with Gasteiger partial charge < -0.3 is 5.32 Å². The summed E-state index contributed by atoms with van der Waals surface area (Å²) < 4.78 is 1.92. The molecule has 1 N–H and O–H groups in total. The molecule has 0 aliphatic heterocycles. The second kappa shape index (κ2) is 4.61. The van der Waals surface area contributed by atoms with Gasteiger partial charge in [-0.05, 0) is 30.0 Å². The van der Waals surface area contributed by atoms with Gasteiger partial charge in [-0.15, -0.1) is 10.2 Å². The van der Waals surface area contributed by atoms with E-state index in [9.17, 15) is 0 Å². The van der Waals surface area contributed by atoms with E-state index < -0.39 is 0 Å². The standard InChI is InChI=1S/C11H10N6S/c1-12-10-13-6-5-9(14-10)18-11-16-15-8-4-2-3-7-17(8)11/h2-7H,1H3,(H,12,13,14). The molecule has 0 unspecified atom stereocenters. The van der Waals surface area contributed by atoms with Crippen molar-refractivity contribution in [1.29, 1.82) is 0 Å². The van der Waals surface area contributed by atoms with Crippen molar-refractivity contribution in [3.63, 3.8) is 0 Å². The topological polar surface area (TPSA) is 68.0 Å². The Balaban J connectivity index is 1.96. The summed E-state index contributed by atoms with van der Waals surface area (Å²) in [5.74, 6) is 0.592. The van der Waals surface area contributed by atoms with Gasteiger partial charge in [-0.3, -0.25) is 4.40 Å². The predicted molar refractivity (Wildman–Crippen MR) is 68.7 cm³/mol. The first-order valence-corrected chi connectivity index (χ1v) is 6.17. The lowest BCUT2D eigenvalue weighted by Crippen LogP contribution is -1.96. The maximum absolute atomic E-state index is 4.33. The summed E-state index contributed by atoms with van der Waals surface area (Å²) in [5, 5.41) is 12.7. The average molecular weight is 258 g/mol. The molecule has 0 aliphatic carbocycles. The van der Waals surface area contributed by atoms with Gasteiger partial charge in [0.05, 0.1) is 0 Å². The molecular formula is C11H10N6S. The van der Waals surface area contributed by atoms with Gasteiger partial charge in [0.15, 0.2) is 5.65 Å². The lowest BCUT2D eigenvalue weighted by molar-refractivity contribution is 0.915. The number of aromatic nitrogens is 5. The molecule has 90 valence electrons. The van der Waals surface area contributed by atoms with Crippen LogP contribution in [0.2, 0.25) is 0 Å². The van der Waals surface area contributed by atoms with Gasteiger partial charge in [-0.1, -0.05) is 6.07 Å². The van der Waals surface area contributed by atoms with Gasteiger partial charge in [0.25, 0.3) is 0 Å². The number of anilines is 1. The lowest BCUT2D eigenvalue weighted by atomic mass is 10.5. The molecule has 3 heterocycles. The smallest absolute Gasteiger partial charge is 0.223 e. The first kappa shape index (κ1) is 11.0. The van der Waals surface area contributed by atoms with Crippen LogP contribution in [0.5, 0.6) is 0 Å². The molecule has 0 atom stereocenters. The van der Waals surface area contributed by atoms with E-state index in [0.717, 1.165) is 15.8 Å². The Morgan fingerprint density at radius 2 is 2.17 bits per heavy atom. The predicted octanol–water partition coefficient (Wildman–Crippen LogP) is 1.71. The third-order valence-electron chi connectivity index (χ3n) is 2.33. The number of hydrogen-bond donors (Lipinski definition) is 1. The molecule has 0 aliphatic rings. The van der Waals surface area contributed by atoms with E-state index in [1.54, 1.807) is 13.2 Å². The molecule has 0 spiro atoms. The van der Waals surface area contributed by atoms with Crippen LogP contribution in [-0.4, -0.2) is 31.6 Å². The van der Waals surface area contributed by atoms with Gasteiger partial charge in [0.2, 0.25) is 11.1 Å². The fraction of sp³-hybridized carbons (Fsp3) is 0.0909. The van der Waals surface area contributed by atoms with Gasteiger partial charge in [-0.25, -0.2) is 9.97 Å². The third-order valence-corrected chi connectivity index (χ3v) is 3.23. The molecule has 0 saturated heterocycles. The summed E-state index contributed by atoms with van der Waals surface area (Å²) in [7, 11) is 1.79. The van der Waals surface area contributed by atoms with Crippen molar-refractivity contribution in [3.8, 4) is 0 Å². The minimum Gasteiger partial charge on any atom is -0.357 e. The highest BCUT2D eigenvalue weighted by Crippen LogP contribution is 2.24. The fourth-order valence-corrected chi connectivity index (χ4v) is 2.28. The molecule has 3 rings (SSSR count). The molecule has 7 heteroatoms. The van der Waals surface area contributed by atoms with Crippen LogP contribution in [0.1, 0.15) is 0 Å². The monoisotopic (exact) mass is 258 g/mol. The third kappa shape index (κ3) is 2.00. The van der Waals surface area contributed by atoms with Gasteiger partial charge >= 0.3 is 0 Å². The first-order chi connectivity index (χ1) is 8.86. The second-order valence-electron chi connectivity index (χ2n) is 3.48. The van der Waals surface area contributed by atoms with E-state index in [1.807, 2.05) is 34.9 Å². The van der Waals surface area contributed by atoms with E-state index in [1.165, 1.54) is 11.8 Å². The van der Waals surface area contributed by atoms with Crippen molar-refractivity contribution < 1.29 is 0 Å². The SMILES string of the molecule is CNc1nccc(Sc2nnc3ccccn23)n1. The summed E-state index contributed by atoms with van der Waals surface area (Å²) in [6.07, 6.45) is 3.64. The van der Waals surface area contributed by atoms with Gasteiger partial charge in [0.1, 0.15) is 5.03 Å². The number of hydrogen-bond acceptors (Lipinski definition) is 6. The maximum atomic E-state index is 4.33. The fourth-order valence-electron chi connectivity index (χ4n) is 1.50. The van der Waals surface area contributed by atoms with Crippen LogP contribution in [0.15, 0.2) is 46.8 Å². The second-order valence-corrected chi connectivity index (χ2v) is 4.47. The summed E-state index contributed by atoms with van der Waals surface area (Å²) in [6, 6.07) is 7.63. The van der Waals surface area contributed by atoms with Gasteiger partial charge in [0, 0.05) is 19.4 Å². The Bertz CT molecular complexity index is 680. The van der Waals surface area contributed by atoms with E-state index in [4.69, 9.17) is 0 Å². The van der Waals surface area contributed by atoms with Crippen LogP contribution in [0, 0.1) is 0 Å². The van der Waals surface area contributed by atoms with Crippen LogP contribution in [0.4, 0.5) is 5.95 Å². The average Bonchev–Trinajstić information content (AvgIpc) is 2.83. The summed E-state index contributed by atoms with van der Waals surface area (Å²) in [4.78, 5) is 8.40. The normalized spacial score (nSPS) is 10.7. The molecule has 0 fully saturated rings. The van der Waals surface area contributed by atoms with E-state index >= 15 is 0 Å². The summed E-state index contributed by atoms with van der Waals surface area (Å²) in [6.45, 7) is 0. The largest absolute Gasteiger partial charge is 0.357 e. The van der Waals surface area contributed by atoms with Crippen molar-refractivity contribution in [2.45, 2.75) is 10.2 Å². The Labute approximate surface area is 107 Å². The molecule has 3 aromatic heterocycles. The molecule has 0 radical (unpaired) electrons. The van der Waals surface area contributed by atoms with Crippen molar-refractivity contribution in [2.75, 3.05) is 12.4 Å². The first-order valence-electron chi connectivity index (χ1n) is 5.35. The zero-order valence-corrected chi connectivity index (χ0v) is 10.4. The minimum absolute atomic E-state index is 0.592. The van der Waals surface area contributed by atoms with Crippen LogP contribution in [0.25, 0.3) is 5.65 Å². The highest BCUT2D eigenvalue weighted by molar-refractivity contribution is 7.99. The van der Waals surface area contributed by atoms with E-state index in [2.05, 4.69) is 25.5 Å². The Kier molecular flexibility index (Phi) is 2.81. The van der Waals surface area contributed by atoms with Crippen molar-refractivity contribution >= 4 is 23.4 Å². The summed E-state index contributed by atoms with van der Waals surface area (Å²) in [5.41, 5.74) is 0.822. The summed E-state index contributed by atoms with van der Waals surface area (Å²) >= 11 is 1.45. The van der Waals surface area contributed by atoms with Crippen molar-refractivity contribution in [1.82, 2.24) is 24.6 Å². The Hall–Kier alpha value is -2.15. The minimum atomic E-state index is 0.592. The Morgan fingerprint density at radius 1 is 1.22 bits per heavy atom. The van der Waals surface area contributed by atoms with Crippen molar-refractivity contribution in [3.05, 3.63) is 36.7 Å². The molecule has 0 amide bonds. The number of fused-ring (bicyclic) bond motifs is 1. The van der Waals surface area contributed by atoms with E-state index in [0.29, 0.717) is 5.95 Å². The number of nitrogens with one attached hydrogen (secondary N) is 1. The van der Waals surface area contributed by atoms with Crippen LogP contribution < -0.4 is 5.32 Å². The molecule has 3 aromatic rings. The van der Waals surface area contributed by atoms with Gasteiger partial charge in [-0.2, -0.15) is 0 Å². The van der Waals surface area contributed by atoms with Crippen molar-refractivity contribution in [2.24, 2.45) is 0 Å². The molecule has 0 bridgehead atoms. The lowest BCUT2D eigenvalue weighted by Gasteiger charge is -2.01. The number of nitrogens with zero attached hydrogens (tertiary/aromatic N) is 5. The highest BCUT2D eigenvalue weighted by Gasteiger charge is 2.07. The maximum Gasteiger partial charge on any atom is 0.223 e. The van der Waals surface area contributed by atoms with Crippen LogP contribution in [0.3, 0.4) is 0 Å². The van der Waals surface area contributed by atoms with Crippen LogP contribution in [-0.2, 0) is 0 Å². The van der Waals surface area contributed by atoms with E-state index in [-0.39, 0.29) is 0 Å². The zero-order chi connectivity index (χ0) is 12.4. The molecule has 6 nitrogen and oxygen atoms in total. The quantitative estimate of drug-likeness (QED) is 0.721. The highest BCUT2D eigenvalue weighted by atomic mass is 32.2. The number of pyridine rings is 1. The zero-order valence-electron chi connectivity index (χ0n) is 9.61. The molecular weight excluding hydrogens is 248 g/mol.